The zero-order valence-corrected chi connectivity index (χ0v) is 11.1. The number of rotatable bonds is 4. The van der Waals surface area contributed by atoms with E-state index < -0.39 is 18.3 Å². The van der Waals surface area contributed by atoms with Crippen molar-refractivity contribution in [2.45, 2.75) is 6.42 Å². The van der Waals surface area contributed by atoms with Crippen LogP contribution in [0.25, 0.3) is 11.1 Å². The molecule has 102 valence electrons. The Morgan fingerprint density at radius 3 is 2.05 bits per heavy atom. The number of nitrogens with zero attached hydrogens (tertiary/aromatic N) is 1. The van der Waals surface area contributed by atoms with Crippen LogP contribution in [-0.2, 0) is 9.59 Å². The monoisotopic (exact) mass is 269 g/mol. The van der Waals surface area contributed by atoms with Crippen molar-refractivity contribution in [3.63, 3.8) is 0 Å². The van der Waals surface area contributed by atoms with Gasteiger partial charge in [-0.15, -0.1) is 0 Å². The van der Waals surface area contributed by atoms with Gasteiger partial charge in [-0.1, -0.05) is 42.5 Å². The minimum Gasteiger partial charge on any atom is -0.481 e. The summed E-state index contributed by atoms with van der Waals surface area (Å²) in [6.45, 7) is 0. The highest BCUT2D eigenvalue weighted by molar-refractivity contribution is 6.02. The fourth-order valence-corrected chi connectivity index (χ4v) is 1.90. The Bertz CT molecular complexity index is 605. The number of carboxylic acids is 1. The van der Waals surface area contributed by atoms with Gasteiger partial charge in [0.05, 0.1) is 0 Å². The molecule has 0 fully saturated rings. The summed E-state index contributed by atoms with van der Waals surface area (Å²) in [5.41, 5.74) is 2.82. The predicted octanol–water partition coefficient (Wildman–Crippen LogP) is 2.79. The molecule has 0 bridgehead atoms. The number of aliphatic carboxylic acids is 1. The molecule has 0 aliphatic rings. The molecule has 0 radical (unpaired) electrons. The summed E-state index contributed by atoms with van der Waals surface area (Å²) in [5.74, 6) is -1.56. The molecule has 0 unspecified atom stereocenters. The molecule has 0 aromatic heterocycles. The first-order valence-corrected chi connectivity index (χ1v) is 6.22. The molecular weight excluding hydrogens is 254 g/mol. The third-order valence-corrected chi connectivity index (χ3v) is 3.04. The third-order valence-electron chi connectivity index (χ3n) is 3.04. The molecule has 20 heavy (non-hydrogen) atoms. The van der Waals surface area contributed by atoms with E-state index in [1.165, 1.54) is 4.90 Å². The molecule has 0 aliphatic heterocycles. The second-order valence-corrected chi connectivity index (χ2v) is 4.44. The average molecular weight is 269 g/mol. The van der Waals surface area contributed by atoms with Crippen LogP contribution in [0.4, 0.5) is 5.69 Å². The fourth-order valence-electron chi connectivity index (χ4n) is 1.90. The van der Waals surface area contributed by atoms with Gasteiger partial charge in [-0.3, -0.25) is 9.59 Å². The number of carbonyl (C=O) groups is 2. The van der Waals surface area contributed by atoms with Gasteiger partial charge in [-0.25, -0.2) is 0 Å². The molecule has 0 aliphatic carbocycles. The fraction of sp³-hybridized carbons (Fsp3) is 0.125. The summed E-state index contributed by atoms with van der Waals surface area (Å²) in [4.78, 5) is 23.5. The second kappa shape index (κ2) is 6.02. The largest absolute Gasteiger partial charge is 0.481 e. The molecule has 2 rings (SSSR count). The van der Waals surface area contributed by atoms with Crippen LogP contribution in [0, 0.1) is 0 Å². The first kappa shape index (κ1) is 13.8. The molecular formula is C16H15NO3. The average Bonchev–Trinajstić information content (AvgIpc) is 2.47. The minimum atomic E-state index is -1.12. The molecule has 2 aromatic carbocycles. The topological polar surface area (TPSA) is 57.6 Å². The summed E-state index contributed by atoms with van der Waals surface area (Å²) in [6.07, 6.45) is -0.503. The Morgan fingerprint density at radius 2 is 1.50 bits per heavy atom. The van der Waals surface area contributed by atoms with E-state index in [9.17, 15) is 9.59 Å². The van der Waals surface area contributed by atoms with Gasteiger partial charge in [0.2, 0.25) is 5.91 Å². The molecule has 0 saturated carbocycles. The quantitative estimate of drug-likeness (QED) is 0.868. The van der Waals surface area contributed by atoms with Gasteiger partial charge in [-0.05, 0) is 23.3 Å². The van der Waals surface area contributed by atoms with E-state index in [4.69, 9.17) is 5.11 Å². The smallest absolute Gasteiger partial charge is 0.312 e. The first-order valence-electron chi connectivity index (χ1n) is 6.22. The lowest BCUT2D eigenvalue weighted by Crippen LogP contribution is -2.28. The first-order chi connectivity index (χ1) is 9.58. The SMILES string of the molecule is CN(C(=O)CC(=O)O)c1ccc(-c2ccccc2)cc1. The summed E-state index contributed by atoms with van der Waals surface area (Å²) < 4.78 is 0. The highest BCUT2D eigenvalue weighted by Gasteiger charge is 2.14. The van der Waals surface area contributed by atoms with Crippen LogP contribution >= 0.6 is 0 Å². The number of benzene rings is 2. The number of anilines is 1. The summed E-state index contributed by atoms with van der Waals surface area (Å²) >= 11 is 0. The maximum absolute atomic E-state index is 11.7. The summed E-state index contributed by atoms with van der Waals surface area (Å²) in [7, 11) is 1.57. The molecule has 2 aromatic rings. The van der Waals surface area contributed by atoms with Crippen molar-refractivity contribution in [1.29, 1.82) is 0 Å². The van der Waals surface area contributed by atoms with Crippen molar-refractivity contribution >= 4 is 17.6 Å². The molecule has 4 nitrogen and oxygen atoms in total. The van der Waals surface area contributed by atoms with Gasteiger partial charge in [-0.2, -0.15) is 0 Å². The van der Waals surface area contributed by atoms with Gasteiger partial charge in [0, 0.05) is 12.7 Å². The number of hydrogen-bond acceptors (Lipinski definition) is 2. The third kappa shape index (κ3) is 3.23. The maximum Gasteiger partial charge on any atom is 0.312 e. The highest BCUT2D eigenvalue weighted by atomic mass is 16.4. The van der Waals surface area contributed by atoms with E-state index >= 15 is 0 Å². The Kier molecular flexibility index (Phi) is 4.15. The lowest BCUT2D eigenvalue weighted by Gasteiger charge is -2.16. The minimum absolute atomic E-state index is 0.440. The van der Waals surface area contributed by atoms with Crippen LogP contribution in [-0.4, -0.2) is 24.0 Å². The Morgan fingerprint density at radius 1 is 0.950 bits per heavy atom. The zero-order valence-electron chi connectivity index (χ0n) is 11.1. The van der Waals surface area contributed by atoms with Gasteiger partial charge < -0.3 is 10.0 Å². The van der Waals surface area contributed by atoms with Crippen molar-refractivity contribution in [1.82, 2.24) is 0 Å². The highest BCUT2D eigenvalue weighted by Crippen LogP contribution is 2.22. The number of amides is 1. The second-order valence-electron chi connectivity index (χ2n) is 4.44. The van der Waals surface area contributed by atoms with Crippen molar-refractivity contribution in [2.24, 2.45) is 0 Å². The zero-order chi connectivity index (χ0) is 14.5. The van der Waals surface area contributed by atoms with Gasteiger partial charge in [0.15, 0.2) is 0 Å². The van der Waals surface area contributed by atoms with E-state index in [-0.39, 0.29) is 0 Å². The molecule has 0 saturated heterocycles. The van der Waals surface area contributed by atoms with Crippen LogP contribution in [0.3, 0.4) is 0 Å². The maximum atomic E-state index is 11.7. The molecule has 0 heterocycles. The van der Waals surface area contributed by atoms with Crippen molar-refractivity contribution < 1.29 is 14.7 Å². The van der Waals surface area contributed by atoms with Gasteiger partial charge in [0.1, 0.15) is 6.42 Å². The van der Waals surface area contributed by atoms with Crippen molar-refractivity contribution in [3.05, 3.63) is 54.6 Å². The Labute approximate surface area is 117 Å². The van der Waals surface area contributed by atoms with E-state index in [2.05, 4.69) is 0 Å². The van der Waals surface area contributed by atoms with Crippen LogP contribution in [0.2, 0.25) is 0 Å². The number of carboxylic acid groups (broad SMARTS) is 1. The van der Waals surface area contributed by atoms with E-state index in [1.807, 2.05) is 54.6 Å². The Hall–Kier alpha value is -2.62. The predicted molar refractivity (Wildman–Crippen MR) is 77.5 cm³/mol. The molecule has 1 amide bonds. The summed E-state index contributed by atoms with van der Waals surface area (Å²) in [5, 5.41) is 8.62. The standard InChI is InChI=1S/C16H15NO3/c1-17(15(18)11-16(19)20)14-9-7-13(8-10-14)12-5-3-2-4-6-12/h2-10H,11H2,1H3,(H,19,20). The van der Waals surface area contributed by atoms with E-state index in [0.717, 1.165) is 11.1 Å². The summed E-state index contributed by atoms with van der Waals surface area (Å²) in [6, 6.07) is 17.3. The van der Waals surface area contributed by atoms with Crippen LogP contribution in [0.1, 0.15) is 6.42 Å². The number of hydrogen-bond donors (Lipinski definition) is 1. The normalized spacial score (nSPS) is 10.1. The van der Waals surface area contributed by atoms with Crippen LogP contribution < -0.4 is 4.90 Å². The van der Waals surface area contributed by atoms with Crippen molar-refractivity contribution in [3.8, 4) is 11.1 Å². The van der Waals surface area contributed by atoms with Crippen LogP contribution in [0.5, 0.6) is 0 Å². The molecule has 1 N–H and O–H groups in total. The van der Waals surface area contributed by atoms with E-state index in [1.54, 1.807) is 7.05 Å². The van der Waals surface area contributed by atoms with Gasteiger partial charge in [0.25, 0.3) is 0 Å². The van der Waals surface area contributed by atoms with E-state index in [0.29, 0.717) is 5.69 Å². The lowest BCUT2D eigenvalue weighted by atomic mass is 10.1. The number of carbonyl (C=O) groups excluding carboxylic acids is 1. The van der Waals surface area contributed by atoms with Gasteiger partial charge >= 0.3 is 5.97 Å². The molecule has 4 heteroatoms. The van der Waals surface area contributed by atoms with Crippen LogP contribution in [0.15, 0.2) is 54.6 Å². The Balaban J connectivity index is 2.16. The molecule has 0 atom stereocenters. The van der Waals surface area contributed by atoms with Crippen molar-refractivity contribution in [2.75, 3.05) is 11.9 Å². The lowest BCUT2D eigenvalue weighted by molar-refractivity contribution is -0.140. The molecule has 0 spiro atoms.